The first-order valence-corrected chi connectivity index (χ1v) is 5.59. The van der Waals surface area contributed by atoms with Crippen molar-refractivity contribution in [3.8, 4) is 11.8 Å². The molecular formula is C12H21NO. The Morgan fingerprint density at radius 2 is 1.93 bits per heavy atom. The van der Waals surface area contributed by atoms with Crippen LogP contribution < -0.4 is 0 Å². The minimum atomic E-state index is -0.796. The summed E-state index contributed by atoms with van der Waals surface area (Å²) in [7, 11) is 0. The smallest absolute Gasteiger partial charge is 0.122 e. The quantitative estimate of drug-likeness (QED) is 0.677. The second kappa shape index (κ2) is 5.38. The van der Waals surface area contributed by atoms with E-state index in [0.717, 1.165) is 6.54 Å². The van der Waals surface area contributed by atoms with Crippen molar-refractivity contribution in [1.29, 1.82) is 0 Å². The van der Waals surface area contributed by atoms with Crippen molar-refractivity contribution in [3.63, 3.8) is 0 Å². The van der Waals surface area contributed by atoms with Gasteiger partial charge in [-0.3, -0.25) is 4.90 Å². The van der Waals surface area contributed by atoms with E-state index in [2.05, 4.69) is 16.7 Å². The van der Waals surface area contributed by atoms with Gasteiger partial charge in [0, 0.05) is 0 Å². The van der Waals surface area contributed by atoms with Gasteiger partial charge in [-0.2, -0.15) is 0 Å². The van der Waals surface area contributed by atoms with Crippen LogP contribution in [0.5, 0.6) is 0 Å². The third kappa shape index (κ3) is 4.13. The molecule has 0 radical (unpaired) electrons. The normalized spacial score (nSPS) is 22.2. The maximum atomic E-state index is 9.66. The molecule has 0 amide bonds. The second-order valence-electron chi connectivity index (χ2n) is 4.27. The Labute approximate surface area is 87.3 Å². The van der Waals surface area contributed by atoms with Crippen LogP contribution >= 0.6 is 0 Å². The molecule has 0 saturated carbocycles. The SMILES string of the molecule is CC[C@@](C)(O)C#CCN1CCCCC1. The lowest BCUT2D eigenvalue weighted by Crippen LogP contribution is -2.30. The van der Waals surface area contributed by atoms with Crippen LogP contribution in [0.1, 0.15) is 39.5 Å². The average Bonchev–Trinajstić information content (AvgIpc) is 2.19. The summed E-state index contributed by atoms with van der Waals surface area (Å²) >= 11 is 0. The molecule has 1 aliphatic heterocycles. The molecule has 0 unspecified atom stereocenters. The Morgan fingerprint density at radius 3 is 2.50 bits per heavy atom. The third-order valence-corrected chi connectivity index (χ3v) is 2.80. The largest absolute Gasteiger partial charge is 0.378 e. The molecule has 2 heteroatoms. The Morgan fingerprint density at radius 1 is 1.29 bits per heavy atom. The first-order valence-electron chi connectivity index (χ1n) is 5.59. The second-order valence-corrected chi connectivity index (χ2v) is 4.27. The molecule has 1 heterocycles. The molecule has 0 aromatic carbocycles. The van der Waals surface area contributed by atoms with Crippen LogP contribution in [0.4, 0.5) is 0 Å². The summed E-state index contributed by atoms with van der Waals surface area (Å²) in [5, 5.41) is 9.66. The van der Waals surface area contributed by atoms with Gasteiger partial charge in [0.25, 0.3) is 0 Å². The number of aliphatic hydroxyl groups is 1. The zero-order chi connectivity index (χ0) is 10.4. The van der Waals surface area contributed by atoms with E-state index in [1.165, 1.54) is 32.4 Å². The first-order chi connectivity index (χ1) is 6.64. The lowest BCUT2D eigenvalue weighted by Gasteiger charge is -2.24. The fourth-order valence-electron chi connectivity index (χ4n) is 1.55. The van der Waals surface area contributed by atoms with E-state index in [0.29, 0.717) is 6.42 Å². The highest BCUT2D eigenvalue weighted by Crippen LogP contribution is 2.08. The van der Waals surface area contributed by atoms with Gasteiger partial charge in [0.15, 0.2) is 0 Å². The molecule has 0 aromatic rings. The molecule has 1 fully saturated rings. The van der Waals surface area contributed by atoms with Crippen LogP contribution in [-0.2, 0) is 0 Å². The highest BCUT2D eigenvalue weighted by atomic mass is 16.3. The van der Waals surface area contributed by atoms with Crippen LogP contribution in [0.3, 0.4) is 0 Å². The summed E-state index contributed by atoms with van der Waals surface area (Å²) < 4.78 is 0. The van der Waals surface area contributed by atoms with Crippen LogP contribution in [0.2, 0.25) is 0 Å². The Hall–Kier alpha value is -0.520. The predicted octanol–water partition coefficient (Wildman–Crippen LogP) is 1.64. The van der Waals surface area contributed by atoms with Crippen molar-refractivity contribution in [2.45, 2.75) is 45.1 Å². The van der Waals surface area contributed by atoms with E-state index < -0.39 is 5.60 Å². The fourth-order valence-corrected chi connectivity index (χ4v) is 1.55. The van der Waals surface area contributed by atoms with Gasteiger partial charge in [0.1, 0.15) is 5.60 Å². The topological polar surface area (TPSA) is 23.5 Å². The Kier molecular flexibility index (Phi) is 4.44. The van der Waals surface area contributed by atoms with Crippen LogP contribution in [0.15, 0.2) is 0 Å². The van der Waals surface area contributed by atoms with Gasteiger partial charge in [-0.05, 0) is 39.3 Å². The summed E-state index contributed by atoms with van der Waals surface area (Å²) in [6.07, 6.45) is 4.65. The molecule has 1 N–H and O–H groups in total. The monoisotopic (exact) mass is 195 g/mol. The van der Waals surface area contributed by atoms with Crippen LogP contribution in [-0.4, -0.2) is 35.2 Å². The van der Waals surface area contributed by atoms with Gasteiger partial charge in [-0.25, -0.2) is 0 Å². The molecule has 0 spiro atoms. The van der Waals surface area contributed by atoms with Gasteiger partial charge in [0.05, 0.1) is 6.54 Å². The third-order valence-electron chi connectivity index (χ3n) is 2.80. The van der Waals surface area contributed by atoms with Gasteiger partial charge in [-0.1, -0.05) is 25.2 Å². The van der Waals surface area contributed by atoms with Crippen LogP contribution in [0.25, 0.3) is 0 Å². The van der Waals surface area contributed by atoms with E-state index in [1.54, 1.807) is 6.92 Å². The zero-order valence-corrected chi connectivity index (χ0v) is 9.34. The van der Waals surface area contributed by atoms with Crippen molar-refractivity contribution in [2.75, 3.05) is 19.6 Å². The zero-order valence-electron chi connectivity index (χ0n) is 9.34. The Bertz CT molecular complexity index is 218. The van der Waals surface area contributed by atoms with Gasteiger partial charge >= 0.3 is 0 Å². The molecule has 0 aromatic heterocycles. The van der Waals surface area contributed by atoms with E-state index in [-0.39, 0.29) is 0 Å². The number of piperidine rings is 1. The number of rotatable bonds is 2. The molecular weight excluding hydrogens is 174 g/mol. The number of likely N-dealkylation sites (tertiary alicyclic amines) is 1. The lowest BCUT2D eigenvalue weighted by atomic mass is 10.1. The molecule has 1 saturated heterocycles. The summed E-state index contributed by atoms with van der Waals surface area (Å²) in [6, 6.07) is 0. The number of hydrogen-bond donors (Lipinski definition) is 1. The molecule has 0 aliphatic carbocycles. The van der Waals surface area contributed by atoms with E-state index in [1.807, 2.05) is 6.92 Å². The van der Waals surface area contributed by atoms with Crippen molar-refractivity contribution >= 4 is 0 Å². The van der Waals surface area contributed by atoms with E-state index in [4.69, 9.17) is 0 Å². The number of hydrogen-bond acceptors (Lipinski definition) is 2. The minimum Gasteiger partial charge on any atom is -0.378 e. The van der Waals surface area contributed by atoms with Gasteiger partial charge < -0.3 is 5.11 Å². The molecule has 2 nitrogen and oxygen atoms in total. The standard InChI is InChI=1S/C12H21NO/c1-3-12(2,14)8-7-11-13-9-5-4-6-10-13/h14H,3-6,9-11H2,1-2H3/t12-/m1/s1. The summed E-state index contributed by atoms with van der Waals surface area (Å²) in [5.41, 5.74) is -0.796. The molecule has 80 valence electrons. The van der Waals surface area contributed by atoms with Crippen LogP contribution in [0, 0.1) is 11.8 Å². The van der Waals surface area contributed by atoms with Gasteiger partial charge in [0.2, 0.25) is 0 Å². The molecule has 0 bridgehead atoms. The number of nitrogens with zero attached hydrogens (tertiary/aromatic N) is 1. The summed E-state index contributed by atoms with van der Waals surface area (Å²) in [5.74, 6) is 5.99. The van der Waals surface area contributed by atoms with Crippen molar-refractivity contribution in [2.24, 2.45) is 0 Å². The first kappa shape index (κ1) is 11.6. The van der Waals surface area contributed by atoms with Crippen molar-refractivity contribution < 1.29 is 5.11 Å². The maximum Gasteiger partial charge on any atom is 0.122 e. The van der Waals surface area contributed by atoms with E-state index in [9.17, 15) is 5.11 Å². The fraction of sp³-hybridized carbons (Fsp3) is 0.833. The molecule has 1 rings (SSSR count). The highest BCUT2D eigenvalue weighted by Gasteiger charge is 2.13. The Balaban J connectivity index is 2.30. The van der Waals surface area contributed by atoms with Crippen molar-refractivity contribution in [3.05, 3.63) is 0 Å². The summed E-state index contributed by atoms with van der Waals surface area (Å²) in [6.45, 7) is 6.88. The maximum absolute atomic E-state index is 9.66. The average molecular weight is 195 g/mol. The van der Waals surface area contributed by atoms with Gasteiger partial charge in [-0.15, -0.1) is 0 Å². The lowest BCUT2D eigenvalue weighted by molar-refractivity contribution is 0.118. The minimum absolute atomic E-state index is 0.694. The summed E-state index contributed by atoms with van der Waals surface area (Å²) in [4.78, 5) is 2.36. The van der Waals surface area contributed by atoms with Crippen molar-refractivity contribution in [1.82, 2.24) is 4.90 Å². The molecule has 14 heavy (non-hydrogen) atoms. The highest BCUT2D eigenvalue weighted by molar-refractivity contribution is 5.12. The molecule has 1 atom stereocenters. The molecule has 1 aliphatic rings. The van der Waals surface area contributed by atoms with E-state index >= 15 is 0 Å². The predicted molar refractivity (Wildman–Crippen MR) is 59.0 cm³/mol.